The lowest BCUT2D eigenvalue weighted by Crippen LogP contribution is -2.40. The monoisotopic (exact) mass is 494 g/mol. The Labute approximate surface area is 206 Å². The highest BCUT2D eigenvalue weighted by atomic mass is 19.4. The van der Waals surface area contributed by atoms with E-state index in [9.17, 15) is 18.0 Å². The van der Waals surface area contributed by atoms with Crippen LogP contribution in [0.3, 0.4) is 0 Å². The lowest BCUT2D eigenvalue weighted by Gasteiger charge is -2.32. The van der Waals surface area contributed by atoms with Gasteiger partial charge in [0.15, 0.2) is 5.65 Å². The number of amides is 1. The SMILES string of the molecule is Cc1ccc(-n2cc3c(N4CCC(C(=O)NCc5ccccc5C(F)(F)F)CC4)ncnc3n2)cc1. The van der Waals surface area contributed by atoms with Crippen LogP contribution in [0.1, 0.15) is 29.5 Å². The molecule has 1 amide bonds. The first kappa shape index (κ1) is 23.8. The van der Waals surface area contributed by atoms with Crippen molar-refractivity contribution >= 4 is 22.8 Å². The second-order valence-corrected chi connectivity index (χ2v) is 8.98. The molecule has 1 N–H and O–H groups in total. The minimum atomic E-state index is -4.46. The van der Waals surface area contributed by atoms with E-state index in [0.717, 1.165) is 28.5 Å². The van der Waals surface area contributed by atoms with Crippen LogP contribution in [0.4, 0.5) is 19.0 Å². The summed E-state index contributed by atoms with van der Waals surface area (Å²) in [5, 5.41) is 8.10. The molecule has 36 heavy (non-hydrogen) atoms. The Balaban J connectivity index is 1.24. The molecular formula is C26H25F3N6O. The quantitative estimate of drug-likeness (QED) is 0.436. The molecule has 5 rings (SSSR count). The standard InChI is InChI=1S/C26H25F3N6O/c1-17-6-8-20(9-7-17)35-15-21-23(33-35)31-16-32-24(21)34-12-10-18(11-13-34)25(36)30-14-19-4-2-3-5-22(19)26(27,28)29/h2-9,15-16,18H,10-14H2,1H3,(H,30,36). The number of nitrogens with one attached hydrogen (secondary N) is 1. The minimum Gasteiger partial charge on any atom is -0.356 e. The fraction of sp³-hybridized carbons (Fsp3) is 0.308. The van der Waals surface area contributed by atoms with Gasteiger partial charge in [-0.1, -0.05) is 35.9 Å². The summed E-state index contributed by atoms with van der Waals surface area (Å²) in [7, 11) is 0. The molecule has 1 aliphatic rings. The molecule has 4 aromatic rings. The number of hydrogen-bond acceptors (Lipinski definition) is 5. The highest BCUT2D eigenvalue weighted by Gasteiger charge is 2.33. The third-order valence-corrected chi connectivity index (χ3v) is 6.54. The summed E-state index contributed by atoms with van der Waals surface area (Å²) in [5.41, 5.74) is 2.01. The second kappa shape index (κ2) is 9.60. The largest absolute Gasteiger partial charge is 0.416 e. The van der Waals surface area contributed by atoms with Crippen LogP contribution in [0.5, 0.6) is 0 Å². The molecule has 186 valence electrons. The number of halogens is 3. The van der Waals surface area contributed by atoms with Crippen LogP contribution >= 0.6 is 0 Å². The predicted molar refractivity (Wildman–Crippen MR) is 130 cm³/mol. The van der Waals surface area contributed by atoms with Crippen molar-refractivity contribution in [3.05, 3.63) is 77.7 Å². The molecule has 0 saturated carbocycles. The van der Waals surface area contributed by atoms with Gasteiger partial charge in [0.25, 0.3) is 0 Å². The first-order valence-electron chi connectivity index (χ1n) is 11.7. The molecule has 7 nitrogen and oxygen atoms in total. The zero-order valence-corrected chi connectivity index (χ0v) is 19.7. The fourth-order valence-corrected chi connectivity index (χ4v) is 4.54. The van der Waals surface area contributed by atoms with Crippen LogP contribution in [-0.2, 0) is 17.5 Å². The van der Waals surface area contributed by atoms with E-state index in [0.29, 0.717) is 31.6 Å². The molecule has 1 saturated heterocycles. The Hall–Kier alpha value is -3.95. The number of fused-ring (bicyclic) bond motifs is 1. The third kappa shape index (κ3) is 4.89. The van der Waals surface area contributed by atoms with E-state index in [1.54, 1.807) is 10.7 Å². The number of carbonyl (C=O) groups is 1. The van der Waals surface area contributed by atoms with Gasteiger partial charge in [0.05, 0.1) is 16.6 Å². The van der Waals surface area contributed by atoms with Crippen molar-refractivity contribution in [2.75, 3.05) is 18.0 Å². The molecule has 2 aromatic carbocycles. The van der Waals surface area contributed by atoms with Gasteiger partial charge in [0.2, 0.25) is 5.91 Å². The van der Waals surface area contributed by atoms with Gasteiger partial charge in [-0.25, -0.2) is 14.6 Å². The molecule has 0 spiro atoms. The maximum atomic E-state index is 13.2. The average Bonchev–Trinajstić information content (AvgIpc) is 3.32. The van der Waals surface area contributed by atoms with Crippen LogP contribution in [0.2, 0.25) is 0 Å². The molecule has 2 aromatic heterocycles. The lowest BCUT2D eigenvalue weighted by molar-refractivity contribution is -0.138. The third-order valence-electron chi connectivity index (χ3n) is 6.54. The van der Waals surface area contributed by atoms with Crippen molar-refractivity contribution in [3.63, 3.8) is 0 Å². The van der Waals surface area contributed by atoms with Crippen LogP contribution < -0.4 is 10.2 Å². The van der Waals surface area contributed by atoms with E-state index in [-0.39, 0.29) is 23.9 Å². The summed E-state index contributed by atoms with van der Waals surface area (Å²) in [6.07, 6.45) is 0.0881. The van der Waals surface area contributed by atoms with Gasteiger partial charge >= 0.3 is 6.18 Å². The predicted octanol–water partition coefficient (Wildman–Crippen LogP) is 4.68. The summed E-state index contributed by atoms with van der Waals surface area (Å²) in [6.45, 7) is 3.07. The van der Waals surface area contributed by atoms with Crippen molar-refractivity contribution in [3.8, 4) is 5.69 Å². The Kier molecular flexibility index (Phi) is 6.34. The number of rotatable bonds is 5. The zero-order valence-electron chi connectivity index (χ0n) is 19.7. The number of alkyl halides is 3. The van der Waals surface area contributed by atoms with Gasteiger partial charge in [0.1, 0.15) is 12.1 Å². The Morgan fingerprint density at radius 2 is 1.78 bits per heavy atom. The Morgan fingerprint density at radius 3 is 2.50 bits per heavy atom. The van der Waals surface area contributed by atoms with Gasteiger partial charge in [-0.15, -0.1) is 5.10 Å². The topological polar surface area (TPSA) is 75.9 Å². The second-order valence-electron chi connectivity index (χ2n) is 8.98. The van der Waals surface area contributed by atoms with Crippen LogP contribution in [0.15, 0.2) is 61.1 Å². The van der Waals surface area contributed by atoms with Gasteiger partial charge in [-0.2, -0.15) is 13.2 Å². The average molecular weight is 495 g/mol. The van der Waals surface area contributed by atoms with E-state index < -0.39 is 11.7 Å². The lowest BCUT2D eigenvalue weighted by atomic mass is 9.95. The highest BCUT2D eigenvalue weighted by Crippen LogP contribution is 2.32. The first-order valence-corrected chi connectivity index (χ1v) is 11.7. The molecule has 0 atom stereocenters. The summed E-state index contributed by atoms with van der Waals surface area (Å²) in [6, 6.07) is 13.3. The molecular weight excluding hydrogens is 469 g/mol. The summed E-state index contributed by atoms with van der Waals surface area (Å²) in [5.74, 6) is 0.259. The van der Waals surface area contributed by atoms with Gasteiger partial charge < -0.3 is 10.2 Å². The Bertz CT molecular complexity index is 1370. The van der Waals surface area contributed by atoms with E-state index in [1.165, 1.54) is 18.5 Å². The maximum Gasteiger partial charge on any atom is 0.416 e. The normalized spacial score (nSPS) is 14.8. The van der Waals surface area contributed by atoms with Crippen molar-refractivity contribution in [1.29, 1.82) is 0 Å². The zero-order chi connectivity index (χ0) is 25.3. The van der Waals surface area contributed by atoms with Gasteiger partial charge in [-0.3, -0.25) is 4.79 Å². The number of aryl methyl sites for hydroxylation is 1. The molecule has 0 bridgehead atoms. The molecule has 0 radical (unpaired) electrons. The highest BCUT2D eigenvalue weighted by molar-refractivity contribution is 5.87. The molecule has 3 heterocycles. The number of benzene rings is 2. The molecule has 0 aliphatic carbocycles. The fourth-order valence-electron chi connectivity index (χ4n) is 4.54. The van der Waals surface area contributed by atoms with Crippen LogP contribution in [-0.4, -0.2) is 38.7 Å². The van der Waals surface area contributed by atoms with Gasteiger partial charge in [-0.05, 0) is 43.5 Å². The number of hydrogen-bond donors (Lipinski definition) is 1. The minimum absolute atomic E-state index is 0.0600. The van der Waals surface area contributed by atoms with Crippen molar-refractivity contribution in [2.45, 2.75) is 32.5 Å². The van der Waals surface area contributed by atoms with Crippen molar-refractivity contribution in [2.24, 2.45) is 5.92 Å². The summed E-state index contributed by atoms with van der Waals surface area (Å²) < 4.78 is 41.4. The van der Waals surface area contributed by atoms with E-state index in [1.807, 2.05) is 37.4 Å². The van der Waals surface area contributed by atoms with Crippen molar-refractivity contribution in [1.82, 2.24) is 25.1 Å². The van der Waals surface area contributed by atoms with Crippen LogP contribution in [0, 0.1) is 12.8 Å². The number of aromatic nitrogens is 4. The number of carbonyl (C=O) groups excluding carboxylic acids is 1. The molecule has 1 aliphatic heterocycles. The molecule has 0 unspecified atom stereocenters. The van der Waals surface area contributed by atoms with E-state index in [4.69, 9.17) is 0 Å². The molecule has 1 fully saturated rings. The summed E-state index contributed by atoms with van der Waals surface area (Å²) >= 11 is 0. The number of piperidine rings is 1. The number of anilines is 1. The van der Waals surface area contributed by atoms with E-state index >= 15 is 0 Å². The smallest absolute Gasteiger partial charge is 0.356 e. The Morgan fingerprint density at radius 1 is 1.06 bits per heavy atom. The van der Waals surface area contributed by atoms with Gasteiger partial charge in [0, 0.05) is 31.7 Å². The first-order chi connectivity index (χ1) is 17.3. The van der Waals surface area contributed by atoms with Crippen molar-refractivity contribution < 1.29 is 18.0 Å². The maximum absolute atomic E-state index is 13.2. The number of nitrogens with zero attached hydrogens (tertiary/aromatic N) is 5. The van der Waals surface area contributed by atoms with Crippen LogP contribution in [0.25, 0.3) is 16.7 Å². The molecule has 10 heteroatoms. The summed E-state index contributed by atoms with van der Waals surface area (Å²) in [4.78, 5) is 23.6. The van der Waals surface area contributed by atoms with E-state index in [2.05, 4.69) is 25.3 Å².